The molecule has 1 aromatic rings. The van der Waals surface area contributed by atoms with Crippen molar-refractivity contribution in [3.63, 3.8) is 0 Å². The van der Waals surface area contributed by atoms with Crippen molar-refractivity contribution in [1.82, 2.24) is 4.90 Å². The van der Waals surface area contributed by atoms with Gasteiger partial charge in [-0.3, -0.25) is 4.90 Å². The average Bonchev–Trinajstić information content (AvgIpc) is 2.75. The number of unbranched alkanes of at least 4 members (excludes halogenated alkanes) is 2. The van der Waals surface area contributed by atoms with E-state index in [0.717, 1.165) is 63.1 Å². The number of benzene rings is 1. The summed E-state index contributed by atoms with van der Waals surface area (Å²) >= 11 is 0. The first-order chi connectivity index (χ1) is 15.0. The number of rotatable bonds is 9. The molecule has 2 heterocycles. The second-order valence-corrected chi connectivity index (χ2v) is 9.25. The van der Waals surface area contributed by atoms with Gasteiger partial charge in [0.2, 0.25) is 0 Å². The van der Waals surface area contributed by atoms with Crippen LogP contribution < -0.4 is 9.47 Å². The third-order valence-electron chi connectivity index (χ3n) is 6.55. The van der Waals surface area contributed by atoms with Crippen LogP contribution in [0.15, 0.2) is 12.1 Å². The van der Waals surface area contributed by atoms with E-state index >= 15 is 0 Å². The Labute approximate surface area is 187 Å². The van der Waals surface area contributed by atoms with Gasteiger partial charge in [0.1, 0.15) is 6.10 Å². The Bertz CT molecular complexity index is 735. The number of methoxy groups -OCH3 is 2. The summed E-state index contributed by atoms with van der Waals surface area (Å²) in [4.78, 5) is 15.0. The smallest absolute Gasteiger partial charge is 0.493 e. The molecule has 0 radical (unpaired) electrons. The molecule has 0 aromatic heterocycles. The lowest BCUT2D eigenvalue weighted by Gasteiger charge is -2.47. The minimum Gasteiger partial charge on any atom is -0.493 e. The molecule has 3 unspecified atom stereocenters. The first kappa shape index (κ1) is 23.7. The highest BCUT2D eigenvalue weighted by atomic mass is 16.7. The highest BCUT2D eigenvalue weighted by Crippen LogP contribution is 2.44. The highest BCUT2D eigenvalue weighted by Gasteiger charge is 2.41. The lowest BCUT2D eigenvalue weighted by molar-refractivity contribution is -0.0541. The van der Waals surface area contributed by atoms with E-state index in [9.17, 15) is 4.79 Å². The molecule has 0 N–H and O–H groups in total. The van der Waals surface area contributed by atoms with Crippen LogP contribution in [0.2, 0.25) is 0 Å². The third kappa shape index (κ3) is 5.85. The van der Waals surface area contributed by atoms with Crippen molar-refractivity contribution in [2.75, 3.05) is 33.9 Å². The number of carbonyl (C=O) groups excluding carboxylic acids is 1. The number of ether oxygens (including phenoxy) is 4. The zero-order valence-electron chi connectivity index (χ0n) is 19.8. The molecular formula is C25H39NO5. The standard InChI is InChI=1S/C25H39NO5/c1-6-7-8-11-30-25(27)31-22-15-21-20-14-24(29-5)23(28-4)13-18(20)9-10-26(21)16-19(22)12-17(2)3/h13-14,17,19,21-22H,6-12,15-16H2,1-5H3. The molecular weight excluding hydrogens is 394 g/mol. The Morgan fingerprint density at radius 1 is 1.16 bits per heavy atom. The summed E-state index contributed by atoms with van der Waals surface area (Å²) in [5.41, 5.74) is 2.55. The zero-order chi connectivity index (χ0) is 22.4. The zero-order valence-corrected chi connectivity index (χ0v) is 19.8. The molecule has 0 amide bonds. The van der Waals surface area contributed by atoms with E-state index in [4.69, 9.17) is 18.9 Å². The van der Waals surface area contributed by atoms with Crippen LogP contribution in [0, 0.1) is 11.8 Å². The van der Waals surface area contributed by atoms with Gasteiger partial charge in [-0.15, -0.1) is 0 Å². The van der Waals surface area contributed by atoms with E-state index in [1.807, 2.05) is 0 Å². The fourth-order valence-electron chi connectivity index (χ4n) is 5.05. The number of hydrogen-bond donors (Lipinski definition) is 0. The number of fused-ring (bicyclic) bond motifs is 3. The van der Waals surface area contributed by atoms with Gasteiger partial charge in [-0.1, -0.05) is 33.6 Å². The monoisotopic (exact) mass is 433 g/mol. The van der Waals surface area contributed by atoms with Gasteiger partial charge in [-0.2, -0.15) is 0 Å². The van der Waals surface area contributed by atoms with Gasteiger partial charge in [-0.25, -0.2) is 4.79 Å². The van der Waals surface area contributed by atoms with E-state index in [2.05, 4.69) is 37.8 Å². The summed E-state index contributed by atoms with van der Waals surface area (Å²) in [5, 5.41) is 0. The van der Waals surface area contributed by atoms with Crippen molar-refractivity contribution in [2.24, 2.45) is 11.8 Å². The minimum absolute atomic E-state index is 0.138. The maximum absolute atomic E-state index is 12.4. The van der Waals surface area contributed by atoms with E-state index in [-0.39, 0.29) is 12.1 Å². The second kappa shape index (κ2) is 11.1. The molecule has 174 valence electrons. The van der Waals surface area contributed by atoms with Gasteiger partial charge >= 0.3 is 6.16 Å². The molecule has 2 aliphatic rings. The van der Waals surface area contributed by atoms with Crippen LogP contribution in [0.5, 0.6) is 11.5 Å². The summed E-state index contributed by atoms with van der Waals surface area (Å²) in [6, 6.07) is 4.42. The maximum Gasteiger partial charge on any atom is 0.508 e. The van der Waals surface area contributed by atoms with Gasteiger partial charge in [0.05, 0.1) is 20.8 Å². The molecule has 0 aliphatic carbocycles. The quantitative estimate of drug-likeness (QED) is 0.385. The Morgan fingerprint density at radius 3 is 2.58 bits per heavy atom. The Hall–Kier alpha value is -1.95. The first-order valence-corrected chi connectivity index (χ1v) is 11.8. The molecule has 3 atom stereocenters. The first-order valence-electron chi connectivity index (χ1n) is 11.8. The van der Waals surface area contributed by atoms with Gasteiger partial charge in [0.25, 0.3) is 0 Å². The van der Waals surface area contributed by atoms with E-state index < -0.39 is 6.16 Å². The molecule has 2 aliphatic heterocycles. The van der Waals surface area contributed by atoms with Crippen LogP contribution in [-0.2, 0) is 15.9 Å². The minimum atomic E-state index is -0.522. The summed E-state index contributed by atoms with van der Waals surface area (Å²) in [5.74, 6) is 2.39. The number of carbonyl (C=O) groups is 1. The molecule has 1 aromatic carbocycles. The second-order valence-electron chi connectivity index (χ2n) is 9.25. The van der Waals surface area contributed by atoms with Crippen molar-refractivity contribution in [3.05, 3.63) is 23.3 Å². The topological polar surface area (TPSA) is 57.2 Å². The molecule has 1 saturated heterocycles. The summed E-state index contributed by atoms with van der Waals surface area (Å²) < 4.78 is 22.3. The predicted molar refractivity (Wildman–Crippen MR) is 121 cm³/mol. The lowest BCUT2D eigenvalue weighted by Crippen LogP contribution is -2.49. The van der Waals surface area contributed by atoms with E-state index in [1.54, 1.807) is 14.2 Å². The summed E-state index contributed by atoms with van der Waals surface area (Å²) in [6.45, 7) is 8.98. The number of nitrogens with zero attached hydrogens (tertiary/aromatic N) is 1. The average molecular weight is 434 g/mol. The normalized spacial score (nSPS) is 23.1. The molecule has 0 spiro atoms. The van der Waals surface area contributed by atoms with E-state index in [1.165, 1.54) is 11.1 Å². The molecule has 0 saturated carbocycles. The Morgan fingerprint density at radius 2 is 1.90 bits per heavy atom. The number of hydrogen-bond acceptors (Lipinski definition) is 6. The fraction of sp³-hybridized carbons (Fsp3) is 0.720. The van der Waals surface area contributed by atoms with E-state index in [0.29, 0.717) is 18.4 Å². The maximum atomic E-state index is 12.4. The van der Waals surface area contributed by atoms with Crippen molar-refractivity contribution < 1.29 is 23.7 Å². The molecule has 31 heavy (non-hydrogen) atoms. The van der Waals surface area contributed by atoms with Crippen molar-refractivity contribution in [2.45, 2.75) is 71.4 Å². The van der Waals surface area contributed by atoms with Crippen LogP contribution in [0.25, 0.3) is 0 Å². The molecule has 6 heteroatoms. The SMILES string of the molecule is CCCCCOC(=O)OC1CC2c3cc(OC)c(OC)cc3CCN2CC1CC(C)C. The van der Waals surface area contributed by atoms with Crippen LogP contribution >= 0.6 is 0 Å². The number of piperidine rings is 1. The van der Waals surface area contributed by atoms with Crippen molar-refractivity contribution in [1.29, 1.82) is 0 Å². The van der Waals surface area contributed by atoms with Gasteiger partial charge < -0.3 is 18.9 Å². The van der Waals surface area contributed by atoms with Crippen LogP contribution in [0.1, 0.15) is 70.0 Å². The highest BCUT2D eigenvalue weighted by molar-refractivity contribution is 5.60. The summed E-state index contributed by atoms with van der Waals surface area (Å²) in [7, 11) is 3.34. The third-order valence-corrected chi connectivity index (χ3v) is 6.55. The van der Waals surface area contributed by atoms with Gasteiger partial charge in [0.15, 0.2) is 11.5 Å². The summed E-state index contributed by atoms with van der Waals surface area (Å²) in [6.07, 6.45) is 5.20. The van der Waals surface area contributed by atoms with Crippen LogP contribution in [0.3, 0.4) is 0 Å². The molecule has 6 nitrogen and oxygen atoms in total. The molecule has 0 bridgehead atoms. The van der Waals surface area contributed by atoms with Gasteiger partial charge in [-0.05, 0) is 48.4 Å². The predicted octanol–water partition coefficient (Wildman–Crippen LogP) is 5.38. The lowest BCUT2D eigenvalue weighted by atomic mass is 9.79. The Kier molecular flexibility index (Phi) is 8.47. The van der Waals surface area contributed by atoms with Crippen LogP contribution in [0.4, 0.5) is 4.79 Å². The molecule has 3 rings (SSSR count). The Balaban J connectivity index is 1.77. The molecule has 1 fully saturated rings. The van der Waals surface area contributed by atoms with Crippen molar-refractivity contribution in [3.8, 4) is 11.5 Å². The van der Waals surface area contributed by atoms with Gasteiger partial charge in [0, 0.05) is 31.5 Å². The fourth-order valence-corrected chi connectivity index (χ4v) is 5.05. The largest absolute Gasteiger partial charge is 0.508 e. The van der Waals surface area contributed by atoms with Crippen LogP contribution in [-0.4, -0.2) is 51.1 Å². The van der Waals surface area contributed by atoms with Crippen molar-refractivity contribution >= 4 is 6.16 Å².